The van der Waals surface area contributed by atoms with E-state index in [9.17, 15) is 9.59 Å². The number of carbonyl (C=O) groups is 2. The standard InChI is InChI=1S/C11H15NO3/c1-2-5-10(13)12-9-7-4-3-6-8(9)11(14)15/h8-9H,3-4,6-7H2,1H3,(H,12,13)(H,14,15). The number of carboxylic acids is 1. The lowest BCUT2D eigenvalue weighted by Crippen LogP contribution is -2.44. The second kappa shape index (κ2) is 5.40. The molecule has 1 rings (SSSR count). The van der Waals surface area contributed by atoms with E-state index in [0.717, 1.165) is 19.3 Å². The van der Waals surface area contributed by atoms with Gasteiger partial charge in [-0.25, -0.2) is 0 Å². The number of nitrogens with one attached hydrogen (secondary N) is 1. The molecule has 0 aliphatic heterocycles. The lowest BCUT2D eigenvalue weighted by atomic mass is 9.84. The van der Waals surface area contributed by atoms with Crippen LogP contribution in [0.25, 0.3) is 0 Å². The zero-order valence-corrected chi connectivity index (χ0v) is 8.75. The van der Waals surface area contributed by atoms with Crippen molar-refractivity contribution in [2.75, 3.05) is 0 Å². The van der Waals surface area contributed by atoms with Crippen molar-refractivity contribution in [2.24, 2.45) is 5.92 Å². The normalized spacial score (nSPS) is 24.9. The van der Waals surface area contributed by atoms with Crippen molar-refractivity contribution >= 4 is 11.9 Å². The summed E-state index contributed by atoms with van der Waals surface area (Å²) in [5.74, 6) is 3.19. The Labute approximate surface area is 89.0 Å². The molecule has 0 aromatic carbocycles. The number of carboxylic acid groups (broad SMARTS) is 1. The van der Waals surface area contributed by atoms with Crippen LogP contribution >= 0.6 is 0 Å². The number of hydrogen-bond acceptors (Lipinski definition) is 2. The topological polar surface area (TPSA) is 66.4 Å². The molecule has 1 saturated carbocycles. The summed E-state index contributed by atoms with van der Waals surface area (Å²) >= 11 is 0. The van der Waals surface area contributed by atoms with Crippen molar-refractivity contribution in [3.8, 4) is 11.8 Å². The van der Waals surface area contributed by atoms with E-state index in [1.54, 1.807) is 6.92 Å². The maximum absolute atomic E-state index is 11.2. The average molecular weight is 209 g/mol. The van der Waals surface area contributed by atoms with Gasteiger partial charge >= 0.3 is 5.97 Å². The van der Waals surface area contributed by atoms with Gasteiger partial charge in [-0.15, -0.1) is 0 Å². The van der Waals surface area contributed by atoms with E-state index in [1.165, 1.54) is 0 Å². The average Bonchev–Trinajstić information content (AvgIpc) is 2.18. The molecule has 2 N–H and O–H groups in total. The van der Waals surface area contributed by atoms with Gasteiger partial charge in [0.05, 0.1) is 5.92 Å². The third-order valence-electron chi connectivity index (χ3n) is 2.64. The zero-order chi connectivity index (χ0) is 11.3. The smallest absolute Gasteiger partial charge is 0.308 e. The van der Waals surface area contributed by atoms with Gasteiger partial charge in [0.1, 0.15) is 0 Å². The van der Waals surface area contributed by atoms with Crippen LogP contribution in [0.5, 0.6) is 0 Å². The summed E-state index contributed by atoms with van der Waals surface area (Å²) in [6.07, 6.45) is 3.25. The molecule has 0 spiro atoms. The lowest BCUT2D eigenvalue weighted by Gasteiger charge is -2.28. The molecule has 1 amide bonds. The monoisotopic (exact) mass is 209 g/mol. The van der Waals surface area contributed by atoms with Crippen LogP contribution in [0.15, 0.2) is 0 Å². The molecule has 1 fully saturated rings. The van der Waals surface area contributed by atoms with Gasteiger partial charge in [0.15, 0.2) is 0 Å². The van der Waals surface area contributed by atoms with E-state index >= 15 is 0 Å². The van der Waals surface area contributed by atoms with E-state index in [1.807, 2.05) is 0 Å². The van der Waals surface area contributed by atoms with Gasteiger partial charge in [-0.05, 0) is 25.7 Å². The van der Waals surface area contributed by atoms with Gasteiger partial charge in [-0.3, -0.25) is 9.59 Å². The second-order valence-electron chi connectivity index (χ2n) is 3.68. The van der Waals surface area contributed by atoms with Gasteiger partial charge in [-0.1, -0.05) is 18.8 Å². The first-order valence-corrected chi connectivity index (χ1v) is 5.11. The minimum absolute atomic E-state index is 0.260. The van der Waals surface area contributed by atoms with E-state index in [2.05, 4.69) is 17.2 Å². The minimum Gasteiger partial charge on any atom is -0.481 e. The van der Waals surface area contributed by atoms with E-state index < -0.39 is 11.9 Å². The molecule has 0 bridgehead atoms. The number of rotatable bonds is 2. The molecule has 0 saturated heterocycles. The Bertz CT molecular complexity index is 314. The van der Waals surface area contributed by atoms with Gasteiger partial charge in [0.2, 0.25) is 0 Å². The van der Waals surface area contributed by atoms with Crippen molar-refractivity contribution in [3.05, 3.63) is 0 Å². The summed E-state index contributed by atoms with van der Waals surface area (Å²) in [5, 5.41) is 11.6. The Balaban J connectivity index is 2.59. The van der Waals surface area contributed by atoms with Crippen molar-refractivity contribution in [1.29, 1.82) is 0 Å². The predicted molar refractivity (Wildman–Crippen MR) is 55.0 cm³/mol. The van der Waals surface area contributed by atoms with Crippen molar-refractivity contribution in [2.45, 2.75) is 38.6 Å². The molecule has 2 atom stereocenters. The van der Waals surface area contributed by atoms with E-state index in [4.69, 9.17) is 5.11 Å². The van der Waals surface area contributed by atoms with E-state index in [-0.39, 0.29) is 11.9 Å². The Morgan fingerprint density at radius 3 is 2.60 bits per heavy atom. The number of aliphatic carboxylic acids is 1. The molecule has 0 heterocycles. The summed E-state index contributed by atoms with van der Waals surface area (Å²) < 4.78 is 0. The Morgan fingerprint density at radius 2 is 2.00 bits per heavy atom. The molecular weight excluding hydrogens is 194 g/mol. The zero-order valence-electron chi connectivity index (χ0n) is 8.75. The molecule has 15 heavy (non-hydrogen) atoms. The quantitative estimate of drug-likeness (QED) is 0.660. The summed E-state index contributed by atoms with van der Waals surface area (Å²) in [5.41, 5.74) is 0. The molecule has 0 aromatic heterocycles. The first-order chi connectivity index (χ1) is 7.15. The first-order valence-electron chi connectivity index (χ1n) is 5.11. The fourth-order valence-electron chi connectivity index (χ4n) is 1.92. The third kappa shape index (κ3) is 3.28. The molecule has 2 unspecified atom stereocenters. The molecule has 1 aliphatic rings. The molecular formula is C11H15NO3. The van der Waals surface area contributed by atoms with Crippen LogP contribution in [0.4, 0.5) is 0 Å². The highest BCUT2D eigenvalue weighted by atomic mass is 16.4. The van der Waals surface area contributed by atoms with E-state index in [0.29, 0.717) is 6.42 Å². The van der Waals surface area contributed by atoms with Crippen LogP contribution in [0.3, 0.4) is 0 Å². The summed E-state index contributed by atoms with van der Waals surface area (Å²) in [6, 6.07) is -0.260. The van der Waals surface area contributed by atoms with Crippen LogP contribution in [0.2, 0.25) is 0 Å². The number of amides is 1. The molecule has 0 aromatic rings. The Hall–Kier alpha value is -1.50. The van der Waals surface area contributed by atoms with Crippen LogP contribution in [-0.4, -0.2) is 23.0 Å². The fourth-order valence-corrected chi connectivity index (χ4v) is 1.92. The highest BCUT2D eigenvalue weighted by molar-refractivity contribution is 5.93. The van der Waals surface area contributed by atoms with Gasteiger partial charge < -0.3 is 10.4 Å². The van der Waals surface area contributed by atoms with Gasteiger partial charge in [-0.2, -0.15) is 0 Å². The Morgan fingerprint density at radius 1 is 1.33 bits per heavy atom. The first kappa shape index (κ1) is 11.6. The number of hydrogen-bond donors (Lipinski definition) is 2. The summed E-state index contributed by atoms with van der Waals surface area (Å²) in [6.45, 7) is 1.58. The summed E-state index contributed by atoms with van der Waals surface area (Å²) in [4.78, 5) is 22.1. The fraction of sp³-hybridized carbons (Fsp3) is 0.636. The van der Waals surface area contributed by atoms with Crippen LogP contribution in [0, 0.1) is 17.8 Å². The molecule has 4 nitrogen and oxygen atoms in total. The van der Waals surface area contributed by atoms with Gasteiger partial charge in [0.25, 0.3) is 5.91 Å². The molecule has 1 aliphatic carbocycles. The molecule has 4 heteroatoms. The highest BCUT2D eigenvalue weighted by Crippen LogP contribution is 2.24. The van der Waals surface area contributed by atoms with Gasteiger partial charge in [0, 0.05) is 6.04 Å². The Kier molecular flexibility index (Phi) is 4.17. The van der Waals surface area contributed by atoms with Crippen LogP contribution in [0.1, 0.15) is 32.6 Å². The van der Waals surface area contributed by atoms with Crippen LogP contribution < -0.4 is 5.32 Å². The minimum atomic E-state index is -0.829. The second-order valence-corrected chi connectivity index (χ2v) is 3.68. The summed E-state index contributed by atoms with van der Waals surface area (Å²) in [7, 11) is 0. The largest absolute Gasteiger partial charge is 0.481 e. The maximum Gasteiger partial charge on any atom is 0.308 e. The predicted octanol–water partition coefficient (Wildman–Crippen LogP) is 0.769. The molecule has 0 radical (unpaired) electrons. The third-order valence-corrected chi connectivity index (χ3v) is 2.64. The lowest BCUT2D eigenvalue weighted by molar-refractivity contribution is -0.144. The van der Waals surface area contributed by atoms with Crippen molar-refractivity contribution in [1.82, 2.24) is 5.32 Å². The maximum atomic E-state index is 11.2. The molecule has 82 valence electrons. The SMILES string of the molecule is CC#CC(=O)NC1CCCCC1C(=O)O. The van der Waals surface area contributed by atoms with Crippen LogP contribution in [-0.2, 0) is 9.59 Å². The number of carbonyl (C=O) groups excluding carboxylic acids is 1. The van der Waals surface area contributed by atoms with Crippen molar-refractivity contribution < 1.29 is 14.7 Å². The highest BCUT2D eigenvalue weighted by Gasteiger charge is 2.31. The van der Waals surface area contributed by atoms with Crippen molar-refractivity contribution in [3.63, 3.8) is 0 Å².